The highest BCUT2D eigenvalue weighted by Gasteiger charge is 2.26. The Balaban J connectivity index is 1.27. The van der Waals surface area contributed by atoms with Gasteiger partial charge in [0.05, 0.1) is 24.4 Å². The first-order valence-electron chi connectivity index (χ1n) is 12.6. The van der Waals surface area contributed by atoms with E-state index < -0.39 is 0 Å². The summed E-state index contributed by atoms with van der Waals surface area (Å²) < 4.78 is 11.5. The van der Waals surface area contributed by atoms with Crippen LogP contribution in [-0.2, 0) is 22.6 Å². The van der Waals surface area contributed by atoms with Gasteiger partial charge in [0.25, 0.3) is 11.8 Å². The van der Waals surface area contributed by atoms with Gasteiger partial charge >= 0.3 is 0 Å². The molecule has 0 radical (unpaired) electrons. The fourth-order valence-corrected chi connectivity index (χ4v) is 5.01. The van der Waals surface area contributed by atoms with E-state index >= 15 is 0 Å². The monoisotopic (exact) mass is 479 g/mol. The number of rotatable bonds is 6. The van der Waals surface area contributed by atoms with E-state index in [4.69, 9.17) is 9.47 Å². The molecule has 7 nitrogen and oxygen atoms in total. The molecule has 2 aliphatic rings. The Hall–Kier alpha value is -2.74. The minimum Gasteiger partial charge on any atom is -0.373 e. The number of ether oxygens (including phenoxy) is 2. The molecule has 2 aromatic carbocycles. The Morgan fingerprint density at radius 2 is 1.23 bits per heavy atom. The summed E-state index contributed by atoms with van der Waals surface area (Å²) in [5.74, 6) is -0.0923. The summed E-state index contributed by atoms with van der Waals surface area (Å²) in [4.78, 5) is 29.7. The maximum atomic E-state index is 12.8. The van der Waals surface area contributed by atoms with Crippen LogP contribution < -0.4 is 5.32 Å². The van der Waals surface area contributed by atoms with Gasteiger partial charge in [0, 0.05) is 50.4 Å². The Labute approximate surface area is 208 Å². The van der Waals surface area contributed by atoms with Crippen LogP contribution in [0.15, 0.2) is 48.5 Å². The third kappa shape index (κ3) is 6.90. The van der Waals surface area contributed by atoms with E-state index in [1.54, 1.807) is 0 Å². The summed E-state index contributed by atoms with van der Waals surface area (Å²) in [6, 6.07) is 15.3. The number of carbonyl (C=O) groups is 2. The van der Waals surface area contributed by atoms with Gasteiger partial charge in [-0.2, -0.15) is 0 Å². The lowest BCUT2D eigenvalue weighted by Crippen LogP contribution is -2.48. The molecular weight excluding hydrogens is 442 g/mol. The van der Waals surface area contributed by atoms with E-state index in [-0.39, 0.29) is 36.2 Å². The smallest absolute Gasteiger partial charge is 0.254 e. The van der Waals surface area contributed by atoms with Gasteiger partial charge < -0.3 is 19.7 Å². The number of carbonyl (C=O) groups excluding carboxylic acids is 2. The summed E-state index contributed by atoms with van der Waals surface area (Å²) in [5, 5.41) is 2.97. The molecule has 1 N–H and O–H groups in total. The summed E-state index contributed by atoms with van der Waals surface area (Å²) in [7, 11) is 0. The maximum Gasteiger partial charge on any atom is 0.254 e. The van der Waals surface area contributed by atoms with Crippen molar-refractivity contribution in [3.63, 3.8) is 0 Å². The zero-order valence-electron chi connectivity index (χ0n) is 21.2. The van der Waals surface area contributed by atoms with Crippen molar-refractivity contribution in [1.82, 2.24) is 15.1 Å². The van der Waals surface area contributed by atoms with E-state index in [0.29, 0.717) is 30.8 Å². The fraction of sp³-hybridized carbons (Fsp3) is 0.500. The summed E-state index contributed by atoms with van der Waals surface area (Å²) >= 11 is 0. The van der Waals surface area contributed by atoms with Gasteiger partial charge in [-0.05, 0) is 63.1 Å². The van der Waals surface area contributed by atoms with Gasteiger partial charge in [-0.3, -0.25) is 14.5 Å². The normalized spacial score (nSPS) is 25.3. The Morgan fingerprint density at radius 3 is 1.80 bits per heavy atom. The van der Waals surface area contributed by atoms with Crippen LogP contribution in [0.3, 0.4) is 0 Å². The second-order valence-electron chi connectivity index (χ2n) is 10.00. The van der Waals surface area contributed by atoms with Gasteiger partial charge in [0.1, 0.15) is 0 Å². The molecule has 2 aromatic rings. The molecule has 0 bridgehead atoms. The predicted molar refractivity (Wildman–Crippen MR) is 135 cm³/mol. The minimum atomic E-state index is -0.110. The molecule has 2 heterocycles. The second-order valence-corrected chi connectivity index (χ2v) is 10.00. The molecular formula is C28H37N3O4. The number of nitrogens with one attached hydrogen (secondary N) is 1. The van der Waals surface area contributed by atoms with Crippen molar-refractivity contribution < 1.29 is 19.1 Å². The molecule has 35 heavy (non-hydrogen) atoms. The lowest BCUT2D eigenvalue weighted by atomic mass is 10.1. The van der Waals surface area contributed by atoms with E-state index in [0.717, 1.165) is 25.2 Å². The molecule has 4 rings (SSSR count). The fourth-order valence-electron chi connectivity index (χ4n) is 5.01. The highest BCUT2D eigenvalue weighted by atomic mass is 16.5. The Bertz CT molecular complexity index is 988. The first-order valence-corrected chi connectivity index (χ1v) is 12.6. The van der Waals surface area contributed by atoms with Gasteiger partial charge in [-0.25, -0.2) is 0 Å². The predicted octanol–water partition coefficient (Wildman–Crippen LogP) is 3.48. The number of morpholine rings is 2. The molecule has 0 aliphatic carbocycles. The molecule has 2 aliphatic heterocycles. The first-order chi connectivity index (χ1) is 16.8. The van der Waals surface area contributed by atoms with Gasteiger partial charge in [0.15, 0.2) is 0 Å². The summed E-state index contributed by atoms with van der Waals surface area (Å²) in [5.41, 5.74) is 3.43. The molecule has 4 atom stereocenters. The van der Waals surface area contributed by atoms with E-state index in [1.165, 1.54) is 5.56 Å². The number of benzene rings is 2. The van der Waals surface area contributed by atoms with Crippen LogP contribution >= 0.6 is 0 Å². The number of hydrogen-bond donors (Lipinski definition) is 1. The zero-order chi connectivity index (χ0) is 24.9. The summed E-state index contributed by atoms with van der Waals surface area (Å²) in [6.07, 6.45) is 0.557. The van der Waals surface area contributed by atoms with Crippen molar-refractivity contribution in [2.75, 3.05) is 26.2 Å². The quantitative estimate of drug-likeness (QED) is 0.687. The topological polar surface area (TPSA) is 71.1 Å². The molecule has 188 valence electrons. The number of hydrogen-bond acceptors (Lipinski definition) is 5. The first kappa shape index (κ1) is 25.4. The summed E-state index contributed by atoms with van der Waals surface area (Å²) in [6.45, 7) is 12.5. The van der Waals surface area contributed by atoms with E-state index in [9.17, 15) is 9.59 Å². The van der Waals surface area contributed by atoms with Gasteiger partial charge in [-0.1, -0.05) is 24.3 Å². The molecule has 0 aromatic heterocycles. The SMILES string of the molecule is CC1CN(Cc2ccc(C(=O)NCc3ccc(C(=O)N4CC(C)OC(C)C4)cc3)cc2)CC(C)O1. The third-order valence-electron chi connectivity index (χ3n) is 6.48. The molecule has 0 saturated carbocycles. The van der Waals surface area contributed by atoms with Crippen molar-refractivity contribution in [2.24, 2.45) is 0 Å². The van der Waals surface area contributed by atoms with E-state index in [2.05, 4.69) is 24.1 Å². The average molecular weight is 480 g/mol. The van der Waals surface area contributed by atoms with Crippen molar-refractivity contribution in [3.05, 3.63) is 70.8 Å². The van der Waals surface area contributed by atoms with Crippen LogP contribution in [0, 0.1) is 0 Å². The molecule has 0 spiro atoms. The molecule has 2 saturated heterocycles. The standard InChI is InChI=1S/C28H37N3O4/c1-19-14-30(15-20(2)34-19)18-24-7-9-25(10-8-24)27(32)29-13-23-5-11-26(12-6-23)28(33)31-16-21(3)35-22(4)17-31/h5-12,19-22H,13-18H2,1-4H3,(H,29,32). The van der Waals surface area contributed by atoms with Crippen LogP contribution in [0.5, 0.6) is 0 Å². The van der Waals surface area contributed by atoms with Crippen LogP contribution in [0.25, 0.3) is 0 Å². The van der Waals surface area contributed by atoms with E-state index in [1.807, 2.05) is 67.3 Å². The Morgan fingerprint density at radius 1 is 0.743 bits per heavy atom. The molecule has 7 heteroatoms. The molecule has 2 fully saturated rings. The number of amides is 2. The molecule has 4 unspecified atom stereocenters. The lowest BCUT2D eigenvalue weighted by Gasteiger charge is -2.35. The maximum absolute atomic E-state index is 12.8. The Kier molecular flexibility index (Phi) is 8.21. The number of nitrogens with zero attached hydrogens (tertiary/aromatic N) is 2. The molecule has 2 amide bonds. The van der Waals surface area contributed by atoms with Crippen LogP contribution in [-0.4, -0.2) is 72.2 Å². The third-order valence-corrected chi connectivity index (χ3v) is 6.48. The minimum absolute atomic E-state index is 0.0173. The lowest BCUT2D eigenvalue weighted by molar-refractivity contribution is -0.0704. The van der Waals surface area contributed by atoms with Crippen molar-refractivity contribution >= 4 is 11.8 Å². The van der Waals surface area contributed by atoms with Crippen LogP contribution in [0.1, 0.15) is 59.5 Å². The zero-order valence-corrected chi connectivity index (χ0v) is 21.2. The largest absolute Gasteiger partial charge is 0.373 e. The highest BCUT2D eigenvalue weighted by molar-refractivity contribution is 5.95. The van der Waals surface area contributed by atoms with Crippen LogP contribution in [0.4, 0.5) is 0 Å². The van der Waals surface area contributed by atoms with Crippen molar-refractivity contribution in [1.29, 1.82) is 0 Å². The van der Waals surface area contributed by atoms with Crippen molar-refractivity contribution in [2.45, 2.75) is 65.2 Å². The average Bonchev–Trinajstić information content (AvgIpc) is 2.81. The van der Waals surface area contributed by atoms with Gasteiger partial charge in [-0.15, -0.1) is 0 Å². The highest BCUT2D eigenvalue weighted by Crippen LogP contribution is 2.16. The van der Waals surface area contributed by atoms with Crippen molar-refractivity contribution in [3.8, 4) is 0 Å². The van der Waals surface area contributed by atoms with Crippen LogP contribution in [0.2, 0.25) is 0 Å². The van der Waals surface area contributed by atoms with Gasteiger partial charge in [0.2, 0.25) is 0 Å². The second kappa shape index (κ2) is 11.3.